The highest BCUT2D eigenvalue weighted by Gasteiger charge is 2.29. The van der Waals surface area contributed by atoms with E-state index >= 15 is 0 Å². The maximum atomic E-state index is 11.9. The summed E-state index contributed by atoms with van der Waals surface area (Å²) < 4.78 is 2.72. The number of rotatable bonds is 6. The Bertz CT molecular complexity index is 1050. The Morgan fingerprint density at radius 2 is 1.90 bits per heavy atom. The van der Waals surface area contributed by atoms with E-state index in [2.05, 4.69) is 42.6 Å². The van der Waals surface area contributed by atoms with E-state index in [-0.39, 0.29) is 11.8 Å². The second kappa shape index (κ2) is 8.26. The van der Waals surface area contributed by atoms with Gasteiger partial charge in [0.25, 0.3) is 0 Å². The lowest BCUT2D eigenvalue weighted by Crippen LogP contribution is -2.30. The molecule has 3 aromatic rings. The first-order valence-electron chi connectivity index (χ1n) is 10.6. The smallest absolute Gasteiger partial charge is 0.227 e. The molecule has 5 rings (SSSR count). The van der Waals surface area contributed by atoms with E-state index in [1.807, 2.05) is 28.8 Å². The normalized spacial score (nSPS) is 16.6. The van der Waals surface area contributed by atoms with Crippen LogP contribution >= 0.6 is 15.9 Å². The third-order valence-electron chi connectivity index (χ3n) is 5.74. The molecular formula is C22H25BrN6O. The third kappa shape index (κ3) is 4.14. The molecule has 0 unspecified atom stereocenters. The van der Waals surface area contributed by atoms with E-state index in [1.54, 1.807) is 6.20 Å². The number of carbonyl (C=O) groups excluding carboxylic acids is 1. The van der Waals surface area contributed by atoms with Gasteiger partial charge in [0.15, 0.2) is 5.65 Å². The van der Waals surface area contributed by atoms with Gasteiger partial charge in [-0.1, -0.05) is 12.1 Å². The van der Waals surface area contributed by atoms with Crippen LogP contribution in [-0.4, -0.2) is 33.6 Å². The first-order valence-corrected chi connectivity index (χ1v) is 11.4. The summed E-state index contributed by atoms with van der Waals surface area (Å²) in [6, 6.07) is 10.1. The Morgan fingerprint density at radius 3 is 2.63 bits per heavy atom. The summed E-state index contributed by atoms with van der Waals surface area (Å²) in [5, 5.41) is 11.0. The zero-order chi connectivity index (χ0) is 20.5. The lowest BCUT2D eigenvalue weighted by molar-refractivity contribution is -0.117. The van der Waals surface area contributed by atoms with Gasteiger partial charge in [0.2, 0.25) is 5.91 Å². The van der Waals surface area contributed by atoms with Gasteiger partial charge in [-0.25, -0.2) is 4.98 Å². The van der Waals surface area contributed by atoms with Gasteiger partial charge >= 0.3 is 0 Å². The zero-order valence-corrected chi connectivity index (χ0v) is 18.4. The van der Waals surface area contributed by atoms with E-state index in [0.29, 0.717) is 6.54 Å². The van der Waals surface area contributed by atoms with Crippen LogP contribution in [0.1, 0.15) is 37.7 Å². The topological polar surface area (TPSA) is 74.6 Å². The van der Waals surface area contributed by atoms with Gasteiger partial charge in [-0.05, 0) is 65.7 Å². The minimum absolute atomic E-state index is 0.134. The summed E-state index contributed by atoms with van der Waals surface area (Å²) >= 11 is 3.57. The van der Waals surface area contributed by atoms with Crippen molar-refractivity contribution < 1.29 is 4.79 Å². The summed E-state index contributed by atoms with van der Waals surface area (Å²) in [5.74, 6) is 2.25. The molecule has 0 spiro atoms. The van der Waals surface area contributed by atoms with Crippen LogP contribution in [0, 0.1) is 5.92 Å². The standard InChI is InChI=1S/C22H25BrN6O/c23-18-14-25-29-19(12-20(27-21(18)29)28-10-2-1-3-11-28)24-13-15-4-8-17(9-5-15)26-22(30)16-6-7-16/h4-5,8-9,12,14,16,24H,1-3,6-7,10-11,13H2,(H,26,30). The number of benzene rings is 1. The Hall–Kier alpha value is -2.61. The SMILES string of the molecule is O=C(Nc1ccc(CNc2cc(N3CCCCC3)nc3c(Br)cnn23)cc1)C1CC1. The molecule has 1 aromatic carbocycles. The monoisotopic (exact) mass is 468 g/mol. The van der Waals surface area contributed by atoms with Crippen LogP contribution < -0.4 is 15.5 Å². The molecule has 7 nitrogen and oxygen atoms in total. The van der Waals surface area contributed by atoms with Gasteiger partial charge in [-0.3, -0.25) is 4.79 Å². The van der Waals surface area contributed by atoms with Crippen molar-refractivity contribution in [1.82, 2.24) is 14.6 Å². The van der Waals surface area contributed by atoms with Crippen LogP contribution in [0.25, 0.3) is 5.65 Å². The van der Waals surface area contributed by atoms with Crippen LogP contribution in [0.15, 0.2) is 41.0 Å². The fourth-order valence-electron chi connectivity index (χ4n) is 3.82. The molecule has 0 atom stereocenters. The molecule has 1 saturated carbocycles. The van der Waals surface area contributed by atoms with Crippen molar-refractivity contribution in [2.75, 3.05) is 28.6 Å². The van der Waals surface area contributed by atoms with E-state index in [0.717, 1.165) is 58.9 Å². The molecule has 30 heavy (non-hydrogen) atoms. The molecule has 8 heteroatoms. The number of piperidine rings is 1. The van der Waals surface area contributed by atoms with Crippen molar-refractivity contribution in [2.45, 2.75) is 38.6 Å². The van der Waals surface area contributed by atoms with Gasteiger partial charge in [0, 0.05) is 37.3 Å². The Labute approximate surface area is 184 Å². The largest absolute Gasteiger partial charge is 0.366 e. The second-order valence-corrected chi connectivity index (χ2v) is 8.94. The van der Waals surface area contributed by atoms with Crippen molar-refractivity contribution in [1.29, 1.82) is 0 Å². The lowest BCUT2D eigenvalue weighted by atomic mass is 10.1. The number of aromatic nitrogens is 3. The first kappa shape index (κ1) is 19.4. The number of nitrogens with zero attached hydrogens (tertiary/aromatic N) is 4. The molecular weight excluding hydrogens is 444 g/mol. The number of hydrogen-bond acceptors (Lipinski definition) is 5. The number of carbonyl (C=O) groups is 1. The third-order valence-corrected chi connectivity index (χ3v) is 6.30. The molecule has 156 valence electrons. The quantitative estimate of drug-likeness (QED) is 0.559. The maximum Gasteiger partial charge on any atom is 0.227 e. The van der Waals surface area contributed by atoms with Gasteiger partial charge in [0.05, 0.1) is 10.7 Å². The highest BCUT2D eigenvalue weighted by atomic mass is 79.9. The molecule has 0 radical (unpaired) electrons. The minimum Gasteiger partial charge on any atom is -0.366 e. The van der Waals surface area contributed by atoms with Crippen molar-refractivity contribution in [2.24, 2.45) is 5.92 Å². The summed E-state index contributed by atoms with van der Waals surface area (Å²) in [4.78, 5) is 19.1. The molecule has 1 aliphatic heterocycles. The number of fused-ring (bicyclic) bond motifs is 1. The lowest BCUT2D eigenvalue weighted by Gasteiger charge is -2.28. The number of hydrogen-bond donors (Lipinski definition) is 2. The average molecular weight is 469 g/mol. The van der Waals surface area contributed by atoms with Gasteiger partial charge in [-0.2, -0.15) is 9.61 Å². The second-order valence-electron chi connectivity index (χ2n) is 8.09. The molecule has 2 fully saturated rings. The fraction of sp³-hybridized carbons (Fsp3) is 0.409. The van der Waals surface area contributed by atoms with Crippen LogP contribution in [0.3, 0.4) is 0 Å². The van der Waals surface area contributed by atoms with Crippen LogP contribution in [0.2, 0.25) is 0 Å². The highest BCUT2D eigenvalue weighted by molar-refractivity contribution is 9.10. The van der Waals surface area contributed by atoms with Gasteiger partial charge in [0.1, 0.15) is 11.6 Å². The summed E-state index contributed by atoms with van der Waals surface area (Å²) in [7, 11) is 0. The van der Waals surface area contributed by atoms with Gasteiger partial charge in [-0.15, -0.1) is 0 Å². The Morgan fingerprint density at radius 1 is 1.13 bits per heavy atom. The van der Waals surface area contributed by atoms with Crippen molar-refractivity contribution in [3.8, 4) is 0 Å². The Balaban J connectivity index is 1.32. The summed E-state index contributed by atoms with van der Waals surface area (Å²) in [6.45, 7) is 2.75. The van der Waals surface area contributed by atoms with Crippen molar-refractivity contribution >= 4 is 44.8 Å². The molecule has 2 aliphatic rings. The predicted molar refractivity (Wildman–Crippen MR) is 122 cm³/mol. The maximum absolute atomic E-state index is 11.9. The number of amides is 1. The molecule has 1 aliphatic carbocycles. The fourth-order valence-corrected chi connectivity index (χ4v) is 4.17. The van der Waals surface area contributed by atoms with Crippen LogP contribution in [-0.2, 0) is 11.3 Å². The molecule has 2 aromatic heterocycles. The number of nitrogens with one attached hydrogen (secondary N) is 2. The van der Waals surface area contributed by atoms with Crippen LogP contribution in [0.5, 0.6) is 0 Å². The number of anilines is 3. The average Bonchev–Trinajstić information content (AvgIpc) is 3.57. The van der Waals surface area contributed by atoms with E-state index in [1.165, 1.54) is 19.3 Å². The first-order chi connectivity index (χ1) is 14.7. The summed E-state index contributed by atoms with van der Waals surface area (Å²) in [6.07, 6.45) is 7.51. The minimum atomic E-state index is 0.134. The van der Waals surface area contributed by atoms with E-state index in [4.69, 9.17) is 4.98 Å². The molecule has 2 N–H and O–H groups in total. The molecule has 1 saturated heterocycles. The Kier molecular flexibility index (Phi) is 5.33. The van der Waals surface area contributed by atoms with E-state index in [9.17, 15) is 4.79 Å². The highest BCUT2D eigenvalue weighted by Crippen LogP contribution is 2.30. The molecule has 1 amide bonds. The number of halogens is 1. The van der Waals surface area contributed by atoms with E-state index < -0.39 is 0 Å². The zero-order valence-electron chi connectivity index (χ0n) is 16.8. The summed E-state index contributed by atoms with van der Waals surface area (Å²) in [5.41, 5.74) is 2.80. The van der Waals surface area contributed by atoms with Gasteiger partial charge < -0.3 is 15.5 Å². The van der Waals surface area contributed by atoms with Crippen molar-refractivity contribution in [3.63, 3.8) is 0 Å². The van der Waals surface area contributed by atoms with Crippen molar-refractivity contribution in [3.05, 3.63) is 46.6 Å². The predicted octanol–water partition coefficient (Wildman–Crippen LogP) is 4.44. The van der Waals surface area contributed by atoms with Crippen LogP contribution in [0.4, 0.5) is 17.3 Å². The molecule has 3 heterocycles. The molecule has 0 bridgehead atoms.